The Morgan fingerprint density at radius 2 is 2.11 bits per heavy atom. The van der Waals surface area contributed by atoms with Crippen molar-refractivity contribution >= 4 is 12.0 Å². The van der Waals surface area contributed by atoms with Crippen LogP contribution in [0.3, 0.4) is 0 Å². The van der Waals surface area contributed by atoms with Crippen LogP contribution in [0.15, 0.2) is 6.20 Å². The van der Waals surface area contributed by atoms with Crippen molar-refractivity contribution in [1.82, 2.24) is 20.8 Å². The van der Waals surface area contributed by atoms with Gasteiger partial charge < -0.3 is 15.7 Å². The molecule has 7 nitrogen and oxygen atoms in total. The third-order valence-corrected chi connectivity index (χ3v) is 2.76. The summed E-state index contributed by atoms with van der Waals surface area (Å²) in [5.74, 6) is -1.05. The summed E-state index contributed by atoms with van der Waals surface area (Å²) in [6, 6.07) is -1.46. The minimum Gasteiger partial charge on any atom is -0.480 e. The number of carboxylic acid groups (broad SMARTS) is 1. The smallest absolute Gasteiger partial charge is 0.326 e. The summed E-state index contributed by atoms with van der Waals surface area (Å²) in [5, 5.41) is 20.8. The quantitative estimate of drug-likeness (QED) is 0.653. The SMILES string of the molecule is Cc1[nH]ncc1CNC(=O)NC(C(=O)O)C(C)(C)C. The van der Waals surface area contributed by atoms with Gasteiger partial charge in [0.05, 0.1) is 6.20 Å². The lowest BCUT2D eigenvalue weighted by Crippen LogP contribution is -2.52. The van der Waals surface area contributed by atoms with Crippen LogP contribution in [0.1, 0.15) is 32.0 Å². The molecule has 0 aromatic carbocycles. The molecule has 1 aromatic rings. The Morgan fingerprint density at radius 3 is 2.53 bits per heavy atom. The molecule has 1 rings (SSSR count). The van der Waals surface area contributed by atoms with Crippen LogP contribution in [-0.2, 0) is 11.3 Å². The monoisotopic (exact) mass is 268 g/mol. The van der Waals surface area contributed by atoms with Gasteiger partial charge in [0, 0.05) is 17.8 Å². The van der Waals surface area contributed by atoms with Crippen LogP contribution >= 0.6 is 0 Å². The number of aryl methyl sites for hydroxylation is 1. The van der Waals surface area contributed by atoms with Crippen LogP contribution < -0.4 is 10.6 Å². The number of carbonyl (C=O) groups excluding carboxylic acids is 1. The molecule has 0 aliphatic carbocycles. The number of carbonyl (C=O) groups is 2. The van der Waals surface area contributed by atoms with Crippen molar-refractivity contribution in [2.24, 2.45) is 5.41 Å². The molecule has 0 fully saturated rings. The van der Waals surface area contributed by atoms with Crippen LogP contribution in [0.25, 0.3) is 0 Å². The lowest BCUT2D eigenvalue weighted by Gasteiger charge is -2.27. The standard InChI is InChI=1S/C12H20N4O3/c1-7-8(6-14-16-7)5-13-11(19)15-9(10(17)18)12(2,3)4/h6,9H,5H2,1-4H3,(H,14,16)(H,17,18)(H2,13,15,19). The van der Waals surface area contributed by atoms with Crippen LogP contribution in [0, 0.1) is 12.3 Å². The number of urea groups is 1. The summed E-state index contributed by atoms with van der Waals surface area (Å²) in [4.78, 5) is 22.8. The molecule has 19 heavy (non-hydrogen) atoms. The van der Waals surface area contributed by atoms with Crippen molar-refractivity contribution in [1.29, 1.82) is 0 Å². The van der Waals surface area contributed by atoms with Crippen molar-refractivity contribution in [2.75, 3.05) is 0 Å². The van der Waals surface area contributed by atoms with Crippen molar-refractivity contribution in [3.8, 4) is 0 Å². The maximum absolute atomic E-state index is 11.7. The molecule has 1 unspecified atom stereocenters. The lowest BCUT2D eigenvalue weighted by atomic mass is 9.87. The summed E-state index contributed by atoms with van der Waals surface area (Å²) in [5.41, 5.74) is 1.16. The van der Waals surface area contributed by atoms with Crippen molar-refractivity contribution in [2.45, 2.75) is 40.3 Å². The highest BCUT2D eigenvalue weighted by Crippen LogP contribution is 2.19. The van der Waals surface area contributed by atoms with E-state index in [-0.39, 0.29) is 0 Å². The zero-order chi connectivity index (χ0) is 14.6. The highest BCUT2D eigenvalue weighted by molar-refractivity contribution is 5.83. The zero-order valence-corrected chi connectivity index (χ0v) is 11.6. The molecule has 0 aliphatic rings. The Hall–Kier alpha value is -2.05. The molecule has 1 atom stereocenters. The fourth-order valence-corrected chi connectivity index (χ4v) is 1.56. The summed E-state index contributed by atoms with van der Waals surface area (Å²) >= 11 is 0. The molecule has 0 aliphatic heterocycles. The van der Waals surface area contributed by atoms with Crippen LogP contribution in [0.5, 0.6) is 0 Å². The first-order valence-electron chi connectivity index (χ1n) is 5.98. The van der Waals surface area contributed by atoms with Gasteiger partial charge in [-0.2, -0.15) is 5.10 Å². The van der Waals surface area contributed by atoms with Crippen molar-refractivity contribution in [3.63, 3.8) is 0 Å². The predicted molar refractivity (Wildman–Crippen MR) is 69.6 cm³/mol. The third-order valence-electron chi connectivity index (χ3n) is 2.76. The molecule has 1 heterocycles. The molecule has 7 heteroatoms. The fraction of sp³-hybridized carbons (Fsp3) is 0.583. The van der Waals surface area contributed by atoms with Gasteiger partial charge in [-0.15, -0.1) is 0 Å². The number of aliphatic carboxylic acids is 1. The molecule has 106 valence electrons. The first-order valence-corrected chi connectivity index (χ1v) is 5.98. The molecule has 0 spiro atoms. The van der Waals surface area contributed by atoms with Crippen LogP contribution in [-0.4, -0.2) is 33.3 Å². The number of hydrogen-bond donors (Lipinski definition) is 4. The van der Waals surface area contributed by atoms with E-state index in [1.807, 2.05) is 6.92 Å². The lowest BCUT2D eigenvalue weighted by molar-refractivity contribution is -0.141. The van der Waals surface area contributed by atoms with E-state index < -0.39 is 23.5 Å². The highest BCUT2D eigenvalue weighted by atomic mass is 16.4. The summed E-state index contributed by atoms with van der Waals surface area (Å²) in [6.45, 7) is 7.41. The molecule has 2 amide bonds. The van der Waals surface area contributed by atoms with E-state index >= 15 is 0 Å². The first kappa shape index (κ1) is 15.0. The topological polar surface area (TPSA) is 107 Å². The second-order valence-corrected chi connectivity index (χ2v) is 5.48. The van der Waals surface area contributed by atoms with E-state index in [2.05, 4.69) is 20.8 Å². The van der Waals surface area contributed by atoms with Crippen LogP contribution in [0.4, 0.5) is 4.79 Å². The number of hydrogen-bond acceptors (Lipinski definition) is 3. The van der Waals surface area contributed by atoms with E-state index in [4.69, 9.17) is 5.11 Å². The molecular weight excluding hydrogens is 248 g/mol. The average molecular weight is 268 g/mol. The van der Waals surface area contributed by atoms with Crippen LogP contribution in [0.2, 0.25) is 0 Å². The number of aromatic nitrogens is 2. The molecule has 0 radical (unpaired) electrons. The molecule has 0 saturated heterocycles. The number of nitrogens with one attached hydrogen (secondary N) is 3. The van der Waals surface area contributed by atoms with Crippen molar-refractivity contribution in [3.05, 3.63) is 17.5 Å². The average Bonchev–Trinajstić information content (AvgIpc) is 2.67. The largest absolute Gasteiger partial charge is 0.480 e. The molecule has 1 aromatic heterocycles. The maximum atomic E-state index is 11.7. The Balaban J connectivity index is 2.55. The number of rotatable bonds is 4. The van der Waals surface area contributed by atoms with Gasteiger partial charge in [0.2, 0.25) is 0 Å². The maximum Gasteiger partial charge on any atom is 0.326 e. The Bertz CT molecular complexity index is 462. The Kier molecular flexibility index (Phi) is 4.52. The van der Waals surface area contributed by atoms with E-state index in [0.29, 0.717) is 6.54 Å². The summed E-state index contributed by atoms with van der Waals surface area (Å²) < 4.78 is 0. The molecular formula is C12H20N4O3. The van der Waals surface area contributed by atoms with Gasteiger partial charge in [-0.25, -0.2) is 9.59 Å². The number of aromatic amines is 1. The predicted octanol–water partition coefficient (Wildman–Crippen LogP) is 1.02. The van der Waals surface area contributed by atoms with Crippen molar-refractivity contribution < 1.29 is 14.7 Å². The number of amides is 2. The van der Waals surface area contributed by atoms with Gasteiger partial charge in [-0.05, 0) is 12.3 Å². The van der Waals surface area contributed by atoms with E-state index in [9.17, 15) is 9.59 Å². The first-order chi connectivity index (χ1) is 8.71. The minimum absolute atomic E-state index is 0.296. The molecule has 4 N–H and O–H groups in total. The number of nitrogens with zero attached hydrogens (tertiary/aromatic N) is 1. The number of H-pyrrole nitrogens is 1. The van der Waals surface area contributed by atoms with Gasteiger partial charge in [0.1, 0.15) is 6.04 Å². The Morgan fingerprint density at radius 1 is 1.47 bits per heavy atom. The molecule has 0 saturated carbocycles. The second-order valence-electron chi connectivity index (χ2n) is 5.48. The summed E-state index contributed by atoms with van der Waals surface area (Å²) in [6.07, 6.45) is 1.62. The summed E-state index contributed by atoms with van der Waals surface area (Å²) in [7, 11) is 0. The Labute approximate surface area is 111 Å². The molecule has 0 bridgehead atoms. The van der Waals surface area contributed by atoms with E-state index in [0.717, 1.165) is 11.3 Å². The normalized spacial score (nSPS) is 12.8. The van der Waals surface area contributed by atoms with Gasteiger partial charge in [-0.1, -0.05) is 20.8 Å². The zero-order valence-electron chi connectivity index (χ0n) is 11.6. The number of carboxylic acids is 1. The van der Waals surface area contributed by atoms with Gasteiger partial charge in [0.25, 0.3) is 0 Å². The highest BCUT2D eigenvalue weighted by Gasteiger charge is 2.32. The third kappa shape index (κ3) is 4.27. The van der Waals surface area contributed by atoms with Gasteiger partial charge >= 0.3 is 12.0 Å². The van der Waals surface area contributed by atoms with Gasteiger partial charge in [0.15, 0.2) is 0 Å². The second kappa shape index (κ2) is 5.73. The minimum atomic E-state index is -1.05. The van der Waals surface area contributed by atoms with E-state index in [1.54, 1.807) is 27.0 Å². The fourth-order valence-electron chi connectivity index (χ4n) is 1.56. The van der Waals surface area contributed by atoms with E-state index in [1.165, 1.54) is 0 Å². The van der Waals surface area contributed by atoms with Gasteiger partial charge in [-0.3, -0.25) is 5.10 Å².